The van der Waals surface area contributed by atoms with Crippen LogP contribution in [0.3, 0.4) is 0 Å². The zero-order valence-electron chi connectivity index (χ0n) is 11.3. The van der Waals surface area contributed by atoms with Crippen molar-refractivity contribution in [2.24, 2.45) is 5.41 Å². The Morgan fingerprint density at radius 2 is 1.88 bits per heavy atom. The number of aryl methyl sites for hydroxylation is 1. The third kappa shape index (κ3) is 5.53. The van der Waals surface area contributed by atoms with E-state index >= 15 is 0 Å². The van der Waals surface area contributed by atoms with E-state index in [1.54, 1.807) is 0 Å². The maximum absolute atomic E-state index is 11.6. The van der Waals surface area contributed by atoms with E-state index in [0.29, 0.717) is 6.42 Å². The minimum atomic E-state index is 0.0622. The maximum atomic E-state index is 11.6. The lowest BCUT2D eigenvalue weighted by atomic mass is 9.92. The van der Waals surface area contributed by atoms with Gasteiger partial charge in [0.25, 0.3) is 0 Å². The van der Waals surface area contributed by atoms with Crippen LogP contribution in [0.1, 0.15) is 38.3 Å². The Hall–Kier alpha value is -1.31. The molecule has 1 rings (SSSR count). The van der Waals surface area contributed by atoms with Gasteiger partial charge in [-0.25, -0.2) is 0 Å². The molecule has 0 heterocycles. The average Bonchev–Trinajstić information content (AvgIpc) is 2.18. The highest BCUT2D eigenvalue weighted by atomic mass is 16.1. The molecule has 0 bridgehead atoms. The summed E-state index contributed by atoms with van der Waals surface area (Å²) < 4.78 is 0. The van der Waals surface area contributed by atoms with Gasteiger partial charge in [0, 0.05) is 13.0 Å². The lowest BCUT2D eigenvalue weighted by Crippen LogP contribution is -2.29. The quantitative estimate of drug-likeness (QED) is 0.850. The summed E-state index contributed by atoms with van der Waals surface area (Å²) in [6.45, 7) is 9.06. The first kappa shape index (κ1) is 13.8. The molecule has 2 heteroatoms. The predicted molar refractivity (Wildman–Crippen MR) is 72.0 cm³/mol. The van der Waals surface area contributed by atoms with E-state index in [2.05, 4.69) is 45.1 Å². The van der Waals surface area contributed by atoms with Gasteiger partial charge >= 0.3 is 0 Å². The van der Waals surface area contributed by atoms with Gasteiger partial charge in [-0.15, -0.1) is 0 Å². The second-order valence-corrected chi connectivity index (χ2v) is 5.76. The molecule has 1 amide bonds. The Labute approximate surface area is 104 Å². The molecule has 0 spiro atoms. The summed E-state index contributed by atoms with van der Waals surface area (Å²) in [6, 6.07) is 8.30. The number of carbonyl (C=O) groups excluding carboxylic acids is 1. The zero-order chi connectivity index (χ0) is 12.9. The van der Waals surface area contributed by atoms with E-state index in [1.165, 1.54) is 11.1 Å². The minimum Gasteiger partial charge on any atom is -0.356 e. The Balaban J connectivity index is 2.34. The summed E-state index contributed by atoms with van der Waals surface area (Å²) in [5.74, 6) is 0.145. The van der Waals surface area contributed by atoms with Crippen molar-refractivity contribution < 1.29 is 4.79 Å². The number of benzene rings is 1. The summed E-state index contributed by atoms with van der Waals surface area (Å²) in [5.41, 5.74) is 2.66. The van der Waals surface area contributed by atoms with E-state index in [0.717, 1.165) is 13.0 Å². The summed E-state index contributed by atoms with van der Waals surface area (Å²) in [5, 5.41) is 2.98. The molecule has 17 heavy (non-hydrogen) atoms. The number of rotatable bonds is 4. The Morgan fingerprint density at radius 1 is 1.24 bits per heavy atom. The van der Waals surface area contributed by atoms with Crippen molar-refractivity contribution in [3.8, 4) is 0 Å². The highest BCUT2D eigenvalue weighted by Gasteiger charge is 2.15. The molecular weight excluding hydrogens is 210 g/mol. The van der Waals surface area contributed by atoms with Crippen LogP contribution in [0.4, 0.5) is 0 Å². The standard InChI is InChI=1S/C15H23NO/c1-12-7-5-6-8-13(12)9-10-16-14(17)11-15(2,3)4/h5-8H,9-11H2,1-4H3,(H,16,17). The van der Waals surface area contributed by atoms with E-state index in [9.17, 15) is 4.79 Å². The summed E-state index contributed by atoms with van der Waals surface area (Å²) in [4.78, 5) is 11.6. The molecule has 2 nitrogen and oxygen atoms in total. The monoisotopic (exact) mass is 233 g/mol. The maximum Gasteiger partial charge on any atom is 0.220 e. The topological polar surface area (TPSA) is 29.1 Å². The van der Waals surface area contributed by atoms with Crippen LogP contribution < -0.4 is 5.32 Å². The molecule has 1 aromatic rings. The predicted octanol–water partition coefficient (Wildman–Crippen LogP) is 3.09. The zero-order valence-corrected chi connectivity index (χ0v) is 11.3. The van der Waals surface area contributed by atoms with E-state index < -0.39 is 0 Å². The Bertz CT molecular complexity index is 377. The lowest BCUT2D eigenvalue weighted by Gasteiger charge is -2.17. The average molecular weight is 233 g/mol. The number of hydrogen-bond donors (Lipinski definition) is 1. The van der Waals surface area contributed by atoms with E-state index in [4.69, 9.17) is 0 Å². The Kier molecular flexibility index (Phi) is 4.73. The largest absolute Gasteiger partial charge is 0.356 e. The molecule has 0 atom stereocenters. The van der Waals surface area contributed by atoms with Crippen LogP contribution in [-0.2, 0) is 11.2 Å². The molecule has 0 saturated heterocycles. The third-order valence-electron chi connectivity index (χ3n) is 2.67. The number of amides is 1. The van der Waals surface area contributed by atoms with Crippen molar-refractivity contribution in [3.63, 3.8) is 0 Å². The molecular formula is C15H23NO. The van der Waals surface area contributed by atoms with Crippen molar-refractivity contribution >= 4 is 5.91 Å². The molecule has 0 aromatic heterocycles. The van der Waals surface area contributed by atoms with Gasteiger partial charge in [-0.2, -0.15) is 0 Å². The molecule has 0 unspecified atom stereocenters. The van der Waals surface area contributed by atoms with Crippen LogP contribution in [-0.4, -0.2) is 12.5 Å². The second-order valence-electron chi connectivity index (χ2n) is 5.76. The Morgan fingerprint density at radius 3 is 2.47 bits per heavy atom. The molecule has 0 radical (unpaired) electrons. The highest BCUT2D eigenvalue weighted by molar-refractivity contribution is 5.76. The molecule has 1 aromatic carbocycles. The second kappa shape index (κ2) is 5.85. The van der Waals surface area contributed by atoms with Gasteiger partial charge in [-0.1, -0.05) is 45.0 Å². The van der Waals surface area contributed by atoms with Gasteiger partial charge in [0.2, 0.25) is 5.91 Å². The number of hydrogen-bond acceptors (Lipinski definition) is 1. The summed E-state index contributed by atoms with van der Waals surface area (Å²) in [6.07, 6.45) is 1.49. The molecule has 0 aliphatic carbocycles. The first-order valence-electron chi connectivity index (χ1n) is 6.20. The normalized spacial score (nSPS) is 11.3. The van der Waals surface area contributed by atoms with Crippen molar-refractivity contribution in [3.05, 3.63) is 35.4 Å². The van der Waals surface area contributed by atoms with Crippen molar-refractivity contribution in [2.75, 3.05) is 6.54 Å². The van der Waals surface area contributed by atoms with E-state index in [1.807, 2.05) is 12.1 Å². The van der Waals surface area contributed by atoms with Crippen LogP contribution >= 0.6 is 0 Å². The smallest absolute Gasteiger partial charge is 0.220 e. The van der Waals surface area contributed by atoms with Gasteiger partial charge < -0.3 is 5.32 Å². The van der Waals surface area contributed by atoms with Crippen LogP contribution in [0.25, 0.3) is 0 Å². The highest BCUT2D eigenvalue weighted by Crippen LogP contribution is 2.17. The number of carbonyl (C=O) groups is 1. The van der Waals surface area contributed by atoms with E-state index in [-0.39, 0.29) is 11.3 Å². The fourth-order valence-corrected chi connectivity index (χ4v) is 1.77. The minimum absolute atomic E-state index is 0.0622. The summed E-state index contributed by atoms with van der Waals surface area (Å²) in [7, 11) is 0. The van der Waals surface area contributed by atoms with Crippen molar-refractivity contribution in [1.82, 2.24) is 5.32 Å². The first-order chi connectivity index (χ1) is 7.88. The first-order valence-corrected chi connectivity index (χ1v) is 6.20. The van der Waals surface area contributed by atoms with Crippen molar-refractivity contribution in [2.45, 2.75) is 40.5 Å². The molecule has 1 N–H and O–H groups in total. The molecule has 0 aliphatic rings. The number of nitrogens with one attached hydrogen (secondary N) is 1. The van der Waals surface area contributed by atoms with Crippen molar-refractivity contribution in [1.29, 1.82) is 0 Å². The lowest BCUT2D eigenvalue weighted by molar-refractivity contribution is -0.122. The molecule has 0 fully saturated rings. The van der Waals surface area contributed by atoms with Gasteiger partial charge in [-0.3, -0.25) is 4.79 Å². The van der Waals surface area contributed by atoms with Gasteiger partial charge in [0.1, 0.15) is 0 Å². The van der Waals surface area contributed by atoms with Crippen LogP contribution in [0.15, 0.2) is 24.3 Å². The van der Waals surface area contributed by atoms with Gasteiger partial charge in [-0.05, 0) is 29.9 Å². The fraction of sp³-hybridized carbons (Fsp3) is 0.533. The van der Waals surface area contributed by atoms with Crippen LogP contribution in [0.5, 0.6) is 0 Å². The third-order valence-corrected chi connectivity index (χ3v) is 2.67. The van der Waals surface area contributed by atoms with Gasteiger partial charge in [0.15, 0.2) is 0 Å². The van der Waals surface area contributed by atoms with Gasteiger partial charge in [0.05, 0.1) is 0 Å². The SMILES string of the molecule is Cc1ccccc1CCNC(=O)CC(C)(C)C. The molecule has 0 aliphatic heterocycles. The molecule has 0 saturated carbocycles. The van der Waals surface area contributed by atoms with Crippen LogP contribution in [0.2, 0.25) is 0 Å². The van der Waals surface area contributed by atoms with Crippen LogP contribution in [0, 0.1) is 12.3 Å². The summed E-state index contributed by atoms with van der Waals surface area (Å²) >= 11 is 0. The fourth-order valence-electron chi connectivity index (χ4n) is 1.77. The molecule has 94 valence electrons.